The topological polar surface area (TPSA) is 28.7 Å². The summed E-state index contributed by atoms with van der Waals surface area (Å²) in [5.74, 6) is 0. The molecule has 1 radical (unpaired) electrons. The van der Waals surface area contributed by atoms with E-state index < -0.39 is 0 Å². The summed E-state index contributed by atoms with van der Waals surface area (Å²) in [5.41, 5.74) is 3.03. The number of nitrogens with zero attached hydrogens (tertiary/aromatic N) is 1. The molecule has 0 saturated carbocycles. The molecule has 1 aromatic carbocycles. The van der Waals surface area contributed by atoms with E-state index in [1.165, 1.54) is 0 Å². The average molecular weight is 228 g/mol. The predicted molar refractivity (Wildman–Crippen MR) is 65.4 cm³/mol. The lowest BCUT2D eigenvalue weighted by atomic mass is 10.1. The Kier molecular flexibility index (Phi) is 2.15. The zero-order valence-electron chi connectivity index (χ0n) is 8.37. The molecular formula is C13H8ClN2. The van der Waals surface area contributed by atoms with E-state index in [1.54, 1.807) is 6.20 Å². The van der Waals surface area contributed by atoms with E-state index in [1.807, 2.05) is 30.5 Å². The molecule has 2 aromatic heterocycles. The monoisotopic (exact) mass is 227 g/mol. The number of pyridine rings is 1. The predicted octanol–water partition coefficient (Wildman–Crippen LogP) is 3.68. The van der Waals surface area contributed by atoms with Gasteiger partial charge < -0.3 is 4.98 Å². The van der Waals surface area contributed by atoms with Crippen LogP contribution in [-0.4, -0.2) is 9.97 Å². The van der Waals surface area contributed by atoms with Gasteiger partial charge in [-0.25, -0.2) is 4.98 Å². The van der Waals surface area contributed by atoms with Crippen LogP contribution < -0.4 is 0 Å². The number of rotatable bonds is 1. The van der Waals surface area contributed by atoms with Crippen LogP contribution in [0.25, 0.3) is 22.2 Å². The van der Waals surface area contributed by atoms with Crippen molar-refractivity contribution in [1.82, 2.24) is 9.97 Å². The highest BCUT2D eigenvalue weighted by Crippen LogP contribution is 2.23. The van der Waals surface area contributed by atoms with E-state index in [-0.39, 0.29) is 0 Å². The van der Waals surface area contributed by atoms with Gasteiger partial charge in [-0.3, -0.25) is 0 Å². The highest BCUT2D eigenvalue weighted by atomic mass is 35.5. The van der Waals surface area contributed by atoms with E-state index in [0.29, 0.717) is 0 Å². The first-order valence-electron chi connectivity index (χ1n) is 4.94. The summed E-state index contributed by atoms with van der Waals surface area (Å²) in [6.07, 6.45) is 3.61. The molecule has 0 bridgehead atoms. The van der Waals surface area contributed by atoms with Crippen molar-refractivity contribution in [2.24, 2.45) is 0 Å². The third-order valence-electron chi connectivity index (χ3n) is 2.50. The van der Waals surface area contributed by atoms with Crippen LogP contribution in [0.3, 0.4) is 0 Å². The Balaban J connectivity index is 2.14. The molecule has 0 spiro atoms. The molecule has 16 heavy (non-hydrogen) atoms. The van der Waals surface area contributed by atoms with Crippen LogP contribution in [0.1, 0.15) is 0 Å². The summed E-state index contributed by atoms with van der Waals surface area (Å²) in [7, 11) is 0. The number of nitrogens with one attached hydrogen (secondary N) is 1. The second kappa shape index (κ2) is 3.65. The normalized spacial score (nSPS) is 10.8. The van der Waals surface area contributed by atoms with Crippen LogP contribution in [0.4, 0.5) is 0 Å². The molecule has 3 aromatic rings. The van der Waals surface area contributed by atoms with Gasteiger partial charge in [0.15, 0.2) is 0 Å². The van der Waals surface area contributed by atoms with Gasteiger partial charge in [-0.15, -0.1) is 0 Å². The second-order valence-electron chi connectivity index (χ2n) is 3.56. The van der Waals surface area contributed by atoms with E-state index in [9.17, 15) is 0 Å². The maximum atomic E-state index is 5.85. The lowest BCUT2D eigenvalue weighted by Gasteiger charge is -2.01. The van der Waals surface area contributed by atoms with Gasteiger partial charge in [0.1, 0.15) is 5.65 Å². The Bertz CT molecular complexity index is 626. The van der Waals surface area contributed by atoms with Gasteiger partial charge in [0.05, 0.1) is 0 Å². The number of hydrogen-bond donors (Lipinski definition) is 1. The molecular weight excluding hydrogens is 220 g/mol. The Morgan fingerprint density at radius 1 is 1.12 bits per heavy atom. The molecule has 2 nitrogen and oxygen atoms in total. The Labute approximate surface area is 97.9 Å². The summed E-state index contributed by atoms with van der Waals surface area (Å²) in [5, 5.41) is 1.73. The summed E-state index contributed by atoms with van der Waals surface area (Å²) in [4.78, 5) is 7.34. The Hall–Kier alpha value is -1.80. The van der Waals surface area contributed by atoms with Gasteiger partial charge in [0.2, 0.25) is 0 Å². The van der Waals surface area contributed by atoms with Crippen LogP contribution >= 0.6 is 11.6 Å². The Morgan fingerprint density at radius 2 is 1.94 bits per heavy atom. The quantitative estimate of drug-likeness (QED) is 0.675. The number of fused-ring (bicyclic) bond motifs is 1. The van der Waals surface area contributed by atoms with Crippen LogP contribution in [0.15, 0.2) is 42.7 Å². The van der Waals surface area contributed by atoms with Crippen molar-refractivity contribution in [1.29, 1.82) is 0 Å². The Morgan fingerprint density at radius 3 is 2.75 bits per heavy atom. The van der Waals surface area contributed by atoms with E-state index in [4.69, 9.17) is 11.6 Å². The number of halogens is 1. The lowest BCUT2D eigenvalue weighted by Crippen LogP contribution is -1.81. The molecule has 3 rings (SSSR count). The number of hydrogen-bond acceptors (Lipinski definition) is 1. The fourth-order valence-electron chi connectivity index (χ4n) is 1.67. The summed E-state index contributed by atoms with van der Waals surface area (Å²) < 4.78 is 0. The maximum Gasteiger partial charge on any atom is 0.137 e. The van der Waals surface area contributed by atoms with Crippen molar-refractivity contribution in [3.63, 3.8) is 0 Å². The second-order valence-corrected chi connectivity index (χ2v) is 4.00. The van der Waals surface area contributed by atoms with Crippen molar-refractivity contribution >= 4 is 22.6 Å². The van der Waals surface area contributed by atoms with Gasteiger partial charge in [-0.05, 0) is 23.8 Å². The molecule has 3 heteroatoms. The first kappa shape index (κ1) is 9.43. The molecule has 0 aliphatic carbocycles. The molecule has 0 atom stereocenters. The van der Waals surface area contributed by atoms with Crippen LogP contribution in [-0.2, 0) is 0 Å². The number of aromatic nitrogens is 2. The number of H-pyrrole nitrogens is 1. The summed E-state index contributed by atoms with van der Waals surface area (Å²) in [6.45, 7) is 0. The number of aromatic amines is 1. The SMILES string of the molecule is Clc1ccc(-c2cnc3[nH]c[c]c3c2)cc1. The zero-order valence-corrected chi connectivity index (χ0v) is 9.12. The largest absolute Gasteiger partial charge is 0.346 e. The molecule has 0 amide bonds. The molecule has 0 aliphatic rings. The smallest absolute Gasteiger partial charge is 0.137 e. The van der Waals surface area contributed by atoms with Crippen LogP contribution in [0.2, 0.25) is 5.02 Å². The van der Waals surface area contributed by atoms with Crippen LogP contribution in [0, 0.1) is 6.07 Å². The van der Waals surface area contributed by atoms with E-state index in [2.05, 4.69) is 22.1 Å². The van der Waals surface area contributed by atoms with Crippen molar-refractivity contribution in [2.75, 3.05) is 0 Å². The van der Waals surface area contributed by atoms with Gasteiger partial charge in [0, 0.05) is 34.4 Å². The third kappa shape index (κ3) is 1.57. The van der Waals surface area contributed by atoms with Gasteiger partial charge in [-0.2, -0.15) is 0 Å². The minimum atomic E-state index is 0.742. The molecule has 0 unspecified atom stereocenters. The van der Waals surface area contributed by atoms with Crippen LogP contribution in [0.5, 0.6) is 0 Å². The zero-order chi connectivity index (χ0) is 11.0. The average Bonchev–Trinajstić information content (AvgIpc) is 2.77. The summed E-state index contributed by atoms with van der Waals surface area (Å²) >= 11 is 5.85. The van der Waals surface area contributed by atoms with Gasteiger partial charge >= 0.3 is 0 Å². The first-order valence-corrected chi connectivity index (χ1v) is 5.31. The van der Waals surface area contributed by atoms with Crippen molar-refractivity contribution in [3.8, 4) is 11.1 Å². The van der Waals surface area contributed by atoms with Gasteiger partial charge in [-0.1, -0.05) is 23.7 Å². The molecule has 0 fully saturated rings. The molecule has 1 N–H and O–H groups in total. The molecule has 0 aliphatic heterocycles. The fourth-order valence-corrected chi connectivity index (χ4v) is 1.80. The minimum absolute atomic E-state index is 0.742. The van der Waals surface area contributed by atoms with Gasteiger partial charge in [0.25, 0.3) is 0 Å². The minimum Gasteiger partial charge on any atom is -0.346 e. The highest BCUT2D eigenvalue weighted by Gasteiger charge is 2.01. The molecule has 77 valence electrons. The lowest BCUT2D eigenvalue weighted by molar-refractivity contribution is 1.32. The number of benzene rings is 1. The van der Waals surface area contributed by atoms with E-state index >= 15 is 0 Å². The highest BCUT2D eigenvalue weighted by molar-refractivity contribution is 6.30. The van der Waals surface area contributed by atoms with Crippen molar-refractivity contribution < 1.29 is 0 Å². The maximum absolute atomic E-state index is 5.85. The third-order valence-corrected chi connectivity index (χ3v) is 2.75. The summed E-state index contributed by atoms with van der Waals surface area (Å²) in [6, 6.07) is 12.9. The van der Waals surface area contributed by atoms with Crippen molar-refractivity contribution in [2.45, 2.75) is 0 Å². The standard InChI is InChI=1S/C13H8ClN2/c14-12-3-1-9(2-4-12)11-7-10-5-6-15-13(10)16-8-11/h1-4,6-8H,(H,15,16). The first-order chi connectivity index (χ1) is 7.83. The van der Waals surface area contributed by atoms with Crippen molar-refractivity contribution in [3.05, 3.63) is 53.8 Å². The van der Waals surface area contributed by atoms with E-state index in [0.717, 1.165) is 27.2 Å². The fraction of sp³-hybridized carbons (Fsp3) is 0. The molecule has 0 saturated heterocycles. The molecule has 2 heterocycles.